The van der Waals surface area contributed by atoms with Crippen molar-refractivity contribution in [2.24, 2.45) is 10.8 Å². The first-order valence-electron chi connectivity index (χ1n) is 6.18. The molecule has 1 rings (SSSR count). The largest absolute Gasteiger partial charge is 0.352 e. The SMILES string of the molecule is CNCC(=O)NC1CC(C)(C)CC(C)(C)C1. The summed E-state index contributed by atoms with van der Waals surface area (Å²) >= 11 is 0. The fourth-order valence-electron chi connectivity index (χ4n) is 3.39. The number of carbonyl (C=O) groups is 1. The van der Waals surface area contributed by atoms with Gasteiger partial charge in [-0.15, -0.1) is 0 Å². The molecule has 0 spiro atoms. The van der Waals surface area contributed by atoms with E-state index in [1.165, 1.54) is 6.42 Å². The van der Waals surface area contributed by atoms with Crippen LogP contribution in [0.5, 0.6) is 0 Å². The summed E-state index contributed by atoms with van der Waals surface area (Å²) in [5.41, 5.74) is 0.665. The van der Waals surface area contributed by atoms with Crippen molar-refractivity contribution >= 4 is 5.91 Å². The van der Waals surface area contributed by atoms with Gasteiger partial charge in [0.2, 0.25) is 5.91 Å². The highest BCUT2D eigenvalue weighted by Gasteiger charge is 2.38. The van der Waals surface area contributed by atoms with E-state index in [0.717, 1.165) is 12.8 Å². The van der Waals surface area contributed by atoms with Crippen LogP contribution < -0.4 is 10.6 Å². The molecule has 1 saturated carbocycles. The van der Waals surface area contributed by atoms with E-state index in [2.05, 4.69) is 38.3 Å². The van der Waals surface area contributed by atoms with E-state index >= 15 is 0 Å². The number of carbonyl (C=O) groups excluding carboxylic acids is 1. The third kappa shape index (κ3) is 4.12. The zero-order valence-corrected chi connectivity index (χ0v) is 11.3. The van der Waals surface area contributed by atoms with Gasteiger partial charge >= 0.3 is 0 Å². The second kappa shape index (κ2) is 4.74. The summed E-state index contributed by atoms with van der Waals surface area (Å²) in [5, 5.41) is 6.02. The lowest BCUT2D eigenvalue weighted by Gasteiger charge is -2.45. The van der Waals surface area contributed by atoms with Crippen molar-refractivity contribution in [3.8, 4) is 0 Å². The maximum atomic E-state index is 11.6. The molecule has 94 valence electrons. The predicted octanol–water partition coefficient (Wildman–Crippen LogP) is 1.93. The van der Waals surface area contributed by atoms with Crippen molar-refractivity contribution in [1.29, 1.82) is 0 Å². The van der Waals surface area contributed by atoms with Gasteiger partial charge in [-0.05, 0) is 37.1 Å². The van der Waals surface area contributed by atoms with Gasteiger partial charge in [-0.1, -0.05) is 27.7 Å². The number of nitrogens with one attached hydrogen (secondary N) is 2. The second-order valence-electron chi connectivity index (χ2n) is 6.71. The Balaban J connectivity index is 2.57. The van der Waals surface area contributed by atoms with Crippen molar-refractivity contribution in [1.82, 2.24) is 10.6 Å². The zero-order chi connectivity index (χ0) is 12.4. The first kappa shape index (κ1) is 13.5. The molecule has 1 fully saturated rings. The third-order valence-electron chi connectivity index (χ3n) is 3.26. The van der Waals surface area contributed by atoms with Gasteiger partial charge in [-0.3, -0.25) is 4.79 Å². The average Bonchev–Trinajstić information content (AvgIpc) is 1.96. The van der Waals surface area contributed by atoms with Gasteiger partial charge < -0.3 is 10.6 Å². The molecule has 0 atom stereocenters. The highest BCUT2D eigenvalue weighted by atomic mass is 16.1. The minimum absolute atomic E-state index is 0.112. The summed E-state index contributed by atoms with van der Waals surface area (Å²) in [6.45, 7) is 9.60. The Labute approximate surface area is 99.4 Å². The first-order valence-corrected chi connectivity index (χ1v) is 6.18. The zero-order valence-electron chi connectivity index (χ0n) is 11.3. The lowest BCUT2D eigenvalue weighted by Crippen LogP contribution is -2.47. The lowest BCUT2D eigenvalue weighted by atomic mass is 9.63. The molecule has 2 N–H and O–H groups in total. The van der Waals surface area contributed by atoms with Crippen molar-refractivity contribution < 1.29 is 4.79 Å². The molecule has 3 heteroatoms. The third-order valence-corrected chi connectivity index (χ3v) is 3.26. The van der Waals surface area contributed by atoms with Crippen LogP contribution in [-0.4, -0.2) is 25.5 Å². The minimum atomic E-state index is 0.112. The minimum Gasteiger partial charge on any atom is -0.352 e. The van der Waals surface area contributed by atoms with E-state index in [9.17, 15) is 4.79 Å². The Morgan fingerprint density at radius 2 is 1.69 bits per heavy atom. The first-order chi connectivity index (χ1) is 7.24. The molecule has 0 bridgehead atoms. The van der Waals surface area contributed by atoms with Gasteiger partial charge in [-0.25, -0.2) is 0 Å². The Bertz CT molecular complexity index is 243. The van der Waals surface area contributed by atoms with Gasteiger partial charge in [0.05, 0.1) is 6.54 Å². The molecule has 1 aliphatic carbocycles. The Hall–Kier alpha value is -0.570. The molecule has 0 unspecified atom stereocenters. The molecule has 0 aromatic heterocycles. The monoisotopic (exact) mass is 226 g/mol. The van der Waals surface area contributed by atoms with Gasteiger partial charge in [0.1, 0.15) is 0 Å². The molecular weight excluding hydrogens is 200 g/mol. The van der Waals surface area contributed by atoms with Crippen LogP contribution in [0.3, 0.4) is 0 Å². The Morgan fingerprint density at radius 3 is 2.12 bits per heavy atom. The van der Waals surface area contributed by atoms with E-state index < -0.39 is 0 Å². The Kier molecular flexibility index (Phi) is 4.00. The van der Waals surface area contributed by atoms with Gasteiger partial charge in [0.25, 0.3) is 0 Å². The van der Waals surface area contributed by atoms with Gasteiger partial charge in [0.15, 0.2) is 0 Å². The molecular formula is C13H26N2O. The maximum absolute atomic E-state index is 11.6. The standard InChI is InChI=1S/C13H26N2O/c1-12(2)6-10(7-13(3,4)9-12)15-11(16)8-14-5/h10,14H,6-9H2,1-5H3,(H,15,16). The molecule has 16 heavy (non-hydrogen) atoms. The summed E-state index contributed by atoms with van der Waals surface area (Å²) in [6.07, 6.45) is 3.41. The molecule has 0 radical (unpaired) electrons. The van der Waals surface area contributed by atoms with Crippen LogP contribution in [-0.2, 0) is 4.79 Å². The fraction of sp³-hybridized carbons (Fsp3) is 0.923. The van der Waals surface area contributed by atoms with Crippen LogP contribution in [0.1, 0.15) is 47.0 Å². The van der Waals surface area contributed by atoms with E-state index in [0.29, 0.717) is 23.4 Å². The van der Waals surface area contributed by atoms with E-state index in [-0.39, 0.29) is 5.91 Å². The highest BCUT2D eigenvalue weighted by molar-refractivity contribution is 5.78. The maximum Gasteiger partial charge on any atom is 0.234 e. The van der Waals surface area contributed by atoms with Crippen LogP contribution in [0.2, 0.25) is 0 Å². The average molecular weight is 226 g/mol. The number of amides is 1. The molecule has 0 aromatic carbocycles. The normalized spacial score (nSPS) is 24.1. The smallest absolute Gasteiger partial charge is 0.234 e. The molecule has 1 amide bonds. The van der Waals surface area contributed by atoms with E-state index in [4.69, 9.17) is 0 Å². The highest BCUT2D eigenvalue weighted by Crippen LogP contribution is 2.45. The van der Waals surface area contributed by atoms with Gasteiger partial charge in [0, 0.05) is 6.04 Å². The van der Waals surface area contributed by atoms with Crippen molar-refractivity contribution in [3.05, 3.63) is 0 Å². The van der Waals surface area contributed by atoms with Crippen LogP contribution >= 0.6 is 0 Å². The van der Waals surface area contributed by atoms with Crippen molar-refractivity contribution in [2.75, 3.05) is 13.6 Å². The van der Waals surface area contributed by atoms with Crippen molar-refractivity contribution in [3.63, 3.8) is 0 Å². The number of hydrogen-bond donors (Lipinski definition) is 2. The summed E-state index contributed by atoms with van der Waals surface area (Å²) in [6, 6.07) is 0.333. The van der Waals surface area contributed by atoms with E-state index in [1.807, 2.05) is 0 Å². The number of likely N-dealkylation sites (N-methyl/N-ethyl adjacent to an activating group) is 1. The summed E-state index contributed by atoms with van der Waals surface area (Å²) in [4.78, 5) is 11.6. The molecule has 0 aromatic rings. The fourth-order valence-corrected chi connectivity index (χ4v) is 3.39. The van der Waals surface area contributed by atoms with Crippen LogP contribution in [0.25, 0.3) is 0 Å². The lowest BCUT2D eigenvalue weighted by molar-refractivity contribution is -0.121. The molecule has 0 saturated heterocycles. The van der Waals surface area contributed by atoms with Crippen LogP contribution in [0.4, 0.5) is 0 Å². The summed E-state index contributed by atoms with van der Waals surface area (Å²) < 4.78 is 0. The number of rotatable bonds is 3. The number of hydrogen-bond acceptors (Lipinski definition) is 2. The second-order valence-corrected chi connectivity index (χ2v) is 6.71. The summed E-state index contributed by atoms with van der Waals surface area (Å²) in [5.74, 6) is 0.112. The topological polar surface area (TPSA) is 41.1 Å². The molecule has 3 nitrogen and oxygen atoms in total. The predicted molar refractivity (Wildman–Crippen MR) is 67.3 cm³/mol. The molecule has 0 aliphatic heterocycles. The molecule has 1 aliphatic rings. The van der Waals surface area contributed by atoms with Crippen LogP contribution in [0.15, 0.2) is 0 Å². The Morgan fingerprint density at radius 1 is 1.19 bits per heavy atom. The van der Waals surface area contributed by atoms with E-state index in [1.54, 1.807) is 7.05 Å². The van der Waals surface area contributed by atoms with Gasteiger partial charge in [-0.2, -0.15) is 0 Å². The summed E-state index contributed by atoms with van der Waals surface area (Å²) in [7, 11) is 1.80. The molecule has 0 heterocycles. The van der Waals surface area contributed by atoms with Crippen LogP contribution in [0, 0.1) is 10.8 Å². The quantitative estimate of drug-likeness (QED) is 0.772. The van der Waals surface area contributed by atoms with Crippen molar-refractivity contribution in [2.45, 2.75) is 53.0 Å².